The highest BCUT2D eigenvalue weighted by Gasteiger charge is 1.99. The van der Waals surface area contributed by atoms with E-state index in [4.69, 9.17) is 27.9 Å². The lowest BCUT2D eigenvalue weighted by Gasteiger charge is -2.06. The minimum Gasteiger partial charge on any atom is -0.488 e. The van der Waals surface area contributed by atoms with Crippen LogP contribution in [0.4, 0.5) is 0 Å². The molecule has 0 aliphatic heterocycles. The van der Waals surface area contributed by atoms with Crippen molar-refractivity contribution in [2.45, 2.75) is 0 Å². The molecule has 0 radical (unpaired) electrons. The van der Waals surface area contributed by atoms with Gasteiger partial charge in [-0.15, -0.1) is 0 Å². The lowest BCUT2D eigenvalue weighted by Crippen LogP contribution is -1.96. The first-order valence-electron chi connectivity index (χ1n) is 4.96. The SMILES string of the molecule is ClC=C(Cl)COc1ccc2cc(Br)ccc2c1. The molecule has 2 rings (SSSR count). The van der Waals surface area contributed by atoms with Crippen molar-refractivity contribution in [3.63, 3.8) is 0 Å². The summed E-state index contributed by atoms with van der Waals surface area (Å²) < 4.78 is 6.56. The van der Waals surface area contributed by atoms with Crippen LogP contribution in [0.1, 0.15) is 0 Å². The average Bonchev–Trinajstić information content (AvgIpc) is 2.35. The molecule has 2 aromatic rings. The highest BCUT2D eigenvalue weighted by atomic mass is 79.9. The molecule has 0 atom stereocenters. The van der Waals surface area contributed by atoms with Crippen molar-refractivity contribution < 1.29 is 4.74 Å². The molecule has 17 heavy (non-hydrogen) atoms. The molecule has 0 aliphatic carbocycles. The fraction of sp³-hybridized carbons (Fsp3) is 0.0769. The predicted molar refractivity (Wildman–Crippen MR) is 76.9 cm³/mol. The van der Waals surface area contributed by atoms with Gasteiger partial charge in [-0.1, -0.05) is 51.3 Å². The Balaban J connectivity index is 2.23. The summed E-state index contributed by atoms with van der Waals surface area (Å²) in [6.07, 6.45) is 0. The fourth-order valence-corrected chi connectivity index (χ4v) is 1.96. The fourth-order valence-electron chi connectivity index (χ4n) is 1.47. The quantitative estimate of drug-likeness (QED) is 0.741. The first-order chi connectivity index (χ1) is 8.19. The second-order valence-electron chi connectivity index (χ2n) is 3.50. The van der Waals surface area contributed by atoms with Crippen LogP contribution >= 0.6 is 39.1 Å². The number of ether oxygens (including phenoxy) is 1. The molecule has 0 fully saturated rings. The maximum Gasteiger partial charge on any atom is 0.125 e. The van der Waals surface area contributed by atoms with E-state index in [0.717, 1.165) is 21.0 Å². The van der Waals surface area contributed by atoms with Crippen molar-refractivity contribution >= 4 is 49.9 Å². The molecule has 0 aromatic heterocycles. The summed E-state index contributed by atoms with van der Waals surface area (Å²) in [6, 6.07) is 12.0. The van der Waals surface area contributed by atoms with E-state index in [2.05, 4.69) is 22.0 Å². The number of benzene rings is 2. The maximum absolute atomic E-state index is 5.75. The Labute approximate surface area is 118 Å². The topological polar surface area (TPSA) is 9.23 Å². The Bertz CT molecular complexity index is 566. The molecule has 4 heteroatoms. The third-order valence-electron chi connectivity index (χ3n) is 2.27. The summed E-state index contributed by atoms with van der Waals surface area (Å²) in [5, 5.41) is 2.75. The van der Waals surface area contributed by atoms with Crippen LogP contribution in [-0.4, -0.2) is 6.61 Å². The molecule has 0 saturated heterocycles. The molecule has 0 aliphatic rings. The van der Waals surface area contributed by atoms with Crippen LogP contribution in [0, 0.1) is 0 Å². The molecule has 2 aromatic carbocycles. The van der Waals surface area contributed by atoms with Crippen molar-refractivity contribution in [1.82, 2.24) is 0 Å². The van der Waals surface area contributed by atoms with Crippen LogP contribution in [0.3, 0.4) is 0 Å². The Morgan fingerprint density at radius 2 is 1.88 bits per heavy atom. The van der Waals surface area contributed by atoms with E-state index in [-0.39, 0.29) is 6.61 Å². The summed E-state index contributed by atoms with van der Waals surface area (Å²) in [5.41, 5.74) is 1.31. The van der Waals surface area contributed by atoms with Gasteiger partial charge in [-0.05, 0) is 35.0 Å². The molecule has 0 spiro atoms. The zero-order valence-electron chi connectivity index (χ0n) is 8.79. The zero-order chi connectivity index (χ0) is 12.3. The van der Waals surface area contributed by atoms with Crippen molar-refractivity contribution in [2.75, 3.05) is 6.61 Å². The molecule has 88 valence electrons. The van der Waals surface area contributed by atoms with Gasteiger partial charge in [0.1, 0.15) is 12.4 Å². The van der Waals surface area contributed by atoms with Gasteiger partial charge < -0.3 is 4.74 Å². The lowest BCUT2D eigenvalue weighted by molar-refractivity contribution is 0.360. The van der Waals surface area contributed by atoms with Gasteiger partial charge in [0.25, 0.3) is 0 Å². The van der Waals surface area contributed by atoms with Crippen LogP contribution < -0.4 is 4.74 Å². The van der Waals surface area contributed by atoms with Crippen LogP contribution in [0.15, 0.2) is 51.4 Å². The second kappa shape index (κ2) is 5.76. The van der Waals surface area contributed by atoms with Crippen LogP contribution in [0.25, 0.3) is 10.8 Å². The predicted octanol–water partition coefficient (Wildman–Crippen LogP) is 5.30. The van der Waals surface area contributed by atoms with E-state index in [1.54, 1.807) is 0 Å². The number of halogens is 3. The minimum absolute atomic E-state index is 0.285. The molecule has 0 bridgehead atoms. The standard InChI is InChI=1S/C13H9BrCl2O/c14-11-3-1-10-6-13(4-2-9(10)5-11)17-8-12(16)7-15/h1-7H,8H2. The molecular formula is C13H9BrCl2O. The van der Waals surface area contributed by atoms with Crippen molar-refractivity contribution in [3.05, 3.63) is 51.4 Å². The number of hydrogen-bond acceptors (Lipinski definition) is 1. The van der Waals surface area contributed by atoms with Crippen LogP contribution in [-0.2, 0) is 0 Å². The van der Waals surface area contributed by atoms with Crippen molar-refractivity contribution in [2.24, 2.45) is 0 Å². The Kier molecular flexibility index (Phi) is 4.32. The van der Waals surface area contributed by atoms with Gasteiger partial charge >= 0.3 is 0 Å². The monoisotopic (exact) mass is 330 g/mol. The second-order valence-corrected chi connectivity index (χ2v) is 5.12. The van der Waals surface area contributed by atoms with Gasteiger partial charge in [-0.25, -0.2) is 0 Å². The Morgan fingerprint density at radius 1 is 1.18 bits per heavy atom. The smallest absolute Gasteiger partial charge is 0.125 e. The third-order valence-corrected chi connectivity index (χ3v) is 3.36. The number of hydrogen-bond donors (Lipinski definition) is 0. The van der Waals surface area contributed by atoms with E-state index in [1.165, 1.54) is 5.54 Å². The highest BCUT2D eigenvalue weighted by Crippen LogP contribution is 2.24. The first kappa shape index (κ1) is 12.7. The Morgan fingerprint density at radius 3 is 2.65 bits per heavy atom. The molecular weight excluding hydrogens is 323 g/mol. The maximum atomic E-state index is 5.75. The number of rotatable bonds is 3. The summed E-state index contributed by atoms with van der Waals surface area (Å²) in [7, 11) is 0. The van der Waals surface area contributed by atoms with E-state index >= 15 is 0 Å². The summed E-state index contributed by atoms with van der Waals surface area (Å²) in [6.45, 7) is 0.285. The van der Waals surface area contributed by atoms with Gasteiger partial charge in [0, 0.05) is 10.0 Å². The minimum atomic E-state index is 0.285. The summed E-state index contributed by atoms with van der Waals surface area (Å²) >= 11 is 14.6. The van der Waals surface area contributed by atoms with Gasteiger partial charge in [0.05, 0.1) is 5.03 Å². The Hall–Kier alpha value is -0.700. The van der Waals surface area contributed by atoms with Crippen LogP contribution in [0.2, 0.25) is 0 Å². The largest absolute Gasteiger partial charge is 0.488 e. The van der Waals surface area contributed by atoms with E-state index in [9.17, 15) is 0 Å². The molecule has 0 unspecified atom stereocenters. The van der Waals surface area contributed by atoms with Crippen LogP contribution in [0.5, 0.6) is 5.75 Å². The van der Waals surface area contributed by atoms with Gasteiger partial charge in [0.2, 0.25) is 0 Å². The normalized spacial score (nSPS) is 11.8. The molecule has 0 heterocycles. The lowest BCUT2D eigenvalue weighted by atomic mass is 10.1. The number of fused-ring (bicyclic) bond motifs is 1. The van der Waals surface area contributed by atoms with E-state index in [1.807, 2.05) is 30.3 Å². The van der Waals surface area contributed by atoms with E-state index in [0.29, 0.717) is 5.03 Å². The summed E-state index contributed by atoms with van der Waals surface area (Å²) in [4.78, 5) is 0. The zero-order valence-corrected chi connectivity index (χ0v) is 11.9. The van der Waals surface area contributed by atoms with Gasteiger partial charge in [0.15, 0.2) is 0 Å². The average molecular weight is 332 g/mol. The van der Waals surface area contributed by atoms with Gasteiger partial charge in [-0.3, -0.25) is 0 Å². The van der Waals surface area contributed by atoms with E-state index < -0.39 is 0 Å². The van der Waals surface area contributed by atoms with Gasteiger partial charge in [-0.2, -0.15) is 0 Å². The molecule has 0 amide bonds. The highest BCUT2D eigenvalue weighted by molar-refractivity contribution is 9.10. The molecule has 1 nitrogen and oxygen atoms in total. The summed E-state index contributed by atoms with van der Waals surface area (Å²) in [5.74, 6) is 0.775. The molecule has 0 N–H and O–H groups in total. The molecule has 0 saturated carbocycles. The first-order valence-corrected chi connectivity index (χ1v) is 6.56. The van der Waals surface area contributed by atoms with Crippen molar-refractivity contribution in [1.29, 1.82) is 0 Å². The van der Waals surface area contributed by atoms with Crippen molar-refractivity contribution in [3.8, 4) is 5.75 Å². The third kappa shape index (κ3) is 3.38.